The van der Waals surface area contributed by atoms with Gasteiger partial charge in [-0.15, -0.1) is 0 Å². The third kappa shape index (κ3) is 5.98. The standard InChI is InChI=1S/C20H28N2O5/c1-14(2)15-6-4-8-17(10-15)27-13-19(24)21(3)12-18(23)22-9-5-7-16(11-22)20(25)26/h4,6,8,10,14,16H,5,7,9,11-13H2,1-3H3,(H,25,26). The summed E-state index contributed by atoms with van der Waals surface area (Å²) in [5, 5.41) is 9.12. The largest absolute Gasteiger partial charge is 0.484 e. The van der Waals surface area contributed by atoms with E-state index in [1.54, 1.807) is 13.1 Å². The maximum absolute atomic E-state index is 12.4. The molecular weight excluding hydrogens is 348 g/mol. The highest BCUT2D eigenvalue weighted by Crippen LogP contribution is 2.20. The second-order valence-electron chi connectivity index (χ2n) is 7.28. The van der Waals surface area contributed by atoms with Crippen LogP contribution >= 0.6 is 0 Å². The number of aliphatic carboxylic acids is 1. The lowest BCUT2D eigenvalue weighted by atomic mass is 9.98. The van der Waals surface area contributed by atoms with E-state index < -0.39 is 11.9 Å². The summed E-state index contributed by atoms with van der Waals surface area (Å²) in [6, 6.07) is 7.59. The van der Waals surface area contributed by atoms with Crippen molar-refractivity contribution in [2.24, 2.45) is 5.92 Å². The second-order valence-corrected chi connectivity index (χ2v) is 7.28. The Labute approximate surface area is 159 Å². The van der Waals surface area contributed by atoms with Gasteiger partial charge in [0.15, 0.2) is 6.61 Å². The number of likely N-dealkylation sites (tertiary alicyclic amines) is 1. The second kappa shape index (κ2) is 9.39. The maximum Gasteiger partial charge on any atom is 0.308 e. The first kappa shape index (κ1) is 20.7. The van der Waals surface area contributed by atoms with Crippen molar-refractivity contribution in [3.63, 3.8) is 0 Å². The van der Waals surface area contributed by atoms with E-state index in [0.717, 1.165) is 5.56 Å². The average Bonchev–Trinajstić information content (AvgIpc) is 2.66. The minimum Gasteiger partial charge on any atom is -0.484 e. The fraction of sp³-hybridized carbons (Fsp3) is 0.550. The molecule has 1 heterocycles. The van der Waals surface area contributed by atoms with Crippen LogP contribution in [0.4, 0.5) is 0 Å². The van der Waals surface area contributed by atoms with Crippen molar-refractivity contribution >= 4 is 17.8 Å². The molecule has 1 aliphatic rings. The quantitative estimate of drug-likeness (QED) is 0.786. The van der Waals surface area contributed by atoms with Gasteiger partial charge in [0.1, 0.15) is 5.75 Å². The van der Waals surface area contributed by atoms with E-state index in [-0.39, 0.29) is 31.5 Å². The van der Waals surface area contributed by atoms with Gasteiger partial charge in [-0.3, -0.25) is 14.4 Å². The van der Waals surface area contributed by atoms with E-state index in [1.807, 2.05) is 18.2 Å². The van der Waals surface area contributed by atoms with E-state index in [4.69, 9.17) is 9.84 Å². The normalized spacial score (nSPS) is 16.9. The number of carbonyl (C=O) groups is 3. The zero-order valence-electron chi connectivity index (χ0n) is 16.2. The number of benzene rings is 1. The van der Waals surface area contributed by atoms with E-state index in [9.17, 15) is 14.4 Å². The van der Waals surface area contributed by atoms with Gasteiger partial charge in [-0.2, -0.15) is 0 Å². The predicted octanol–water partition coefficient (Wildman–Crippen LogP) is 1.97. The Morgan fingerprint density at radius 2 is 2.07 bits per heavy atom. The van der Waals surface area contributed by atoms with Crippen LogP contribution in [0.3, 0.4) is 0 Å². The molecule has 2 amide bonds. The molecule has 0 aromatic heterocycles. The molecule has 1 aromatic carbocycles. The molecule has 1 aromatic rings. The highest BCUT2D eigenvalue weighted by molar-refractivity contribution is 5.85. The third-order valence-electron chi connectivity index (χ3n) is 4.81. The van der Waals surface area contributed by atoms with Crippen molar-refractivity contribution in [3.05, 3.63) is 29.8 Å². The van der Waals surface area contributed by atoms with Gasteiger partial charge < -0.3 is 19.6 Å². The van der Waals surface area contributed by atoms with Crippen LogP contribution < -0.4 is 4.74 Å². The molecule has 7 heteroatoms. The molecular formula is C20H28N2O5. The van der Waals surface area contributed by atoms with Gasteiger partial charge in [-0.05, 0) is 36.5 Å². The van der Waals surface area contributed by atoms with Crippen LogP contribution in [0.5, 0.6) is 5.75 Å². The highest BCUT2D eigenvalue weighted by atomic mass is 16.5. The molecule has 0 aliphatic carbocycles. The zero-order chi connectivity index (χ0) is 20.0. The number of hydrogen-bond donors (Lipinski definition) is 1. The summed E-state index contributed by atoms with van der Waals surface area (Å²) >= 11 is 0. The monoisotopic (exact) mass is 376 g/mol. The Balaban J connectivity index is 1.83. The Kier molecular flexibility index (Phi) is 7.21. The molecule has 1 fully saturated rings. The minimum atomic E-state index is -0.881. The van der Waals surface area contributed by atoms with E-state index in [2.05, 4.69) is 13.8 Å². The lowest BCUT2D eigenvalue weighted by Crippen LogP contribution is -2.47. The van der Waals surface area contributed by atoms with Crippen molar-refractivity contribution in [2.75, 3.05) is 33.3 Å². The molecule has 1 saturated heterocycles. The summed E-state index contributed by atoms with van der Waals surface area (Å²) in [6.45, 7) is 4.67. The summed E-state index contributed by atoms with van der Waals surface area (Å²) in [4.78, 5) is 38.6. The number of piperidine rings is 1. The third-order valence-corrected chi connectivity index (χ3v) is 4.81. The van der Waals surface area contributed by atoms with Crippen LogP contribution in [-0.4, -0.2) is 66.0 Å². The van der Waals surface area contributed by atoms with Gasteiger partial charge in [0, 0.05) is 20.1 Å². The number of amides is 2. The first-order valence-corrected chi connectivity index (χ1v) is 9.25. The topological polar surface area (TPSA) is 87.2 Å². The average molecular weight is 376 g/mol. The number of carbonyl (C=O) groups excluding carboxylic acids is 2. The van der Waals surface area contributed by atoms with Gasteiger partial charge >= 0.3 is 5.97 Å². The number of carboxylic acid groups (broad SMARTS) is 1. The fourth-order valence-corrected chi connectivity index (χ4v) is 3.02. The first-order chi connectivity index (χ1) is 12.8. The fourth-order valence-electron chi connectivity index (χ4n) is 3.02. The number of hydrogen-bond acceptors (Lipinski definition) is 4. The summed E-state index contributed by atoms with van der Waals surface area (Å²) in [5.74, 6) is -0.962. The molecule has 1 atom stereocenters. The maximum atomic E-state index is 12.4. The summed E-state index contributed by atoms with van der Waals surface area (Å²) in [7, 11) is 1.55. The van der Waals surface area contributed by atoms with Gasteiger partial charge in [0.05, 0.1) is 12.5 Å². The molecule has 0 saturated carbocycles. The Morgan fingerprint density at radius 1 is 1.33 bits per heavy atom. The highest BCUT2D eigenvalue weighted by Gasteiger charge is 2.29. The summed E-state index contributed by atoms with van der Waals surface area (Å²) in [5.41, 5.74) is 1.13. The smallest absolute Gasteiger partial charge is 0.308 e. The molecule has 2 rings (SSSR count). The molecule has 1 aliphatic heterocycles. The molecule has 148 valence electrons. The van der Waals surface area contributed by atoms with Crippen molar-refractivity contribution in [3.8, 4) is 5.75 Å². The SMILES string of the molecule is CC(C)c1cccc(OCC(=O)N(C)CC(=O)N2CCCC(C(=O)O)C2)c1. The molecule has 1 N–H and O–H groups in total. The number of rotatable bonds is 7. The lowest BCUT2D eigenvalue weighted by Gasteiger charge is -2.32. The van der Waals surface area contributed by atoms with Crippen molar-refractivity contribution < 1.29 is 24.2 Å². The minimum absolute atomic E-state index is 0.0828. The van der Waals surface area contributed by atoms with Crippen LogP contribution in [0.2, 0.25) is 0 Å². The lowest BCUT2D eigenvalue weighted by molar-refractivity contribution is -0.147. The van der Waals surface area contributed by atoms with Gasteiger partial charge in [-0.1, -0.05) is 26.0 Å². The van der Waals surface area contributed by atoms with Gasteiger partial charge in [0.25, 0.3) is 5.91 Å². The number of carboxylic acids is 1. The first-order valence-electron chi connectivity index (χ1n) is 9.25. The number of nitrogens with zero attached hydrogens (tertiary/aromatic N) is 2. The van der Waals surface area contributed by atoms with E-state index >= 15 is 0 Å². The Morgan fingerprint density at radius 3 is 2.74 bits per heavy atom. The van der Waals surface area contributed by atoms with Crippen molar-refractivity contribution in [1.29, 1.82) is 0 Å². The Hall–Kier alpha value is -2.57. The molecule has 0 radical (unpaired) electrons. The van der Waals surface area contributed by atoms with E-state index in [0.29, 0.717) is 31.1 Å². The van der Waals surface area contributed by atoms with Crippen molar-refractivity contribution in [1.82, 2.24) is 9.80 Å². The van der Waals surface area contributed by atoms with Crippen LogP contribution in [0, 0.1) is 5.92 Å². The molecule has 27 heavy (non-hydrogen) atoms. The molecule has 1 unspecified atom stereocenters. The van der Waals surface area contributed by atoms with E-state index in [1.165, 1.54) is 9.80 Å². The molecule has 0 bridgehead atoms. The van der Waals surface area contributed by atoms with Crippen molar-refractivity contribution in [2.45, 2.75) is 32.6 Å². The van der Waals surface area contributed by atoms with Crippen LogP contribution in [0.25, 0.3) is 0 Å². The van der Waals surface area contributed by atoms with Crippen LogP contribution in [0.15, 0.2) is 24.3 Å². The zero-order valence-corrected chi connectivity index (χ0v) is 16.2. The Bertz CT molecular complexity index is 689. The molecule has 7 nitrogen and oxygen atoms in total. The van der Waals surface area contributed by atoms with Crippen LogP contribution in [-0.2, 0) is 14.4 Å². The summed E-state index contributed by atoms with van der Waals surface area (Å²) in [6.07, 6.45) is 1.24. The predicted molar refractivity (Wildman–Crippen MR) is 101 cm³/mol. The number of likely N-dealkylation sites (N-methyl/N-ethyl adjacent to an activating group) is 1. The molecule has 0 spiro atoms. The number of ether oxygens (including phenoxy) is 1. The van der Waals surface area contributed by atoms with Gasteiger partial charge in [0.2, 0.25) is 5.91 Å². The van der Waals surface area contributed by atoms with Crippen LogP contribution in [0.1, 0.15) is 38.2 Å². The van der Waals surface area contributed by atoms with Gasteiger partial charge in [-0.25, -0.2) is 0 Å². The summed E-state index contributed by atoms with van der Waals surface area (Å²) < 4.78 is 5.56.